The molecule has 0 unspecified atom stereocenters. The number of carbonyl (C=O) groups is 7. The molecular weight excluding hydrogens is 2050 g/mol. The molecule has 0 spiro atoms. The number of para-hydroxylation sites is 3. The number of benzene rings is 11. The first kappa shape index (κ1) is 103. The van der Waals surface area contributed by atoms with Crippen LogP contribution < -0.4 is 47.9 Å². The van der Waals surface area contributed by atoms with Gasteiger partial charge in [-0.3, -0.25) is 75.6 Å². The molecule has 49 nitrogen and oxygen atoms in total. The Hall–Kier alpha value is -18.1. The summed E-state index contributed by atoms with van der Waals surface area (Å²) in [6.07, 6.45) is 0. The normalized spacial score (nSPS) is 13.2. The highest BCUT2D eigenvalue weighted by molar-refractivity contribution is 7.87. The van der Waals surface area contributed by atoms with E-state index in [1.165, 1.54) is 164 Å². The lowest BCUT2D eigenvalue weighted by Crippen LogP contribution is -2.29. The third-order valence-corrected chi connectivity index (χ3v) is 27.0. The van der Waals surface area contributed by atoms with Crippen molar-refractivity contribution in [2.24, 2.45) is 4.99 Å². The SMILES string of the molecule is CCN1C(=O)c2ccc(Nc3nc(Nc4cccc(S(=O)(=O)O)c4)nc(Nc4cccc(S(=O)(=O)O)c4)n3)cc2C1=O.CCN1C(=O)c2ccc(Nc3nc(Nc4cccc(S(=O)(=O)O)c4)nc(Nc4ccccc4S(=O)(=O)O)n3)cc2C1=O.CCN1C(=O)c2ccc(Nc3nc(Nc4ccccc4S(=O)(=O)O)nc(Nc4ccccc4S(=O)(=O)O)n3)cc2C1=O.O=C1N=C(c2ccccc2)c2c(O)[nH]c(-c3ccccc3)c21. The molecule has 0 atom stereocenters. The molecule has 19 rings (SSSR count). The van der Waals surface area contributed by atoms with E-state index in [1.807, 2.05) is 60.7 Å². The Morgan fingerprint density at radius 3 is 0.784 bits per heavy atom. The molecule has 7 amide bonds. The highest BCUT2D eigenvalue weighted by atomic mass is 32.2. The summed E-state index contributed by atoms with van der Waals surface area (Å²) in [6, 6.07) is 64.1. The van der Waals surface area contributed by atoms with E-state index < -0.39 is 111 Å². The first-order chi connectivity index (χ1) is 70.2. The average molecular weight is 2120 g/mol. The van der Waals surface area contributed by atoms with Gasteiger partial charge in [-0.15, -0.1) is 0 Å². The average Bonchev–Trinajstić information content (AvgIpc) is 1.59. The number of fused-ring (bicyclic) bond motifs is 4. The second kappa shape index (κ2) is 41.7. The minimum absolute atomic E-state index is 0.0256. The van der Waals surface area contributed by atoms with Crippen LogP contribution in [0.2, 0.25) is 0 Å². The molecule has 754 valence electrons. The molecule has 0 bridgehead atoms. The van der Waals surface area contributed by atoms with Crippen molar-refractivity contribution in [2.75, 3.05) is 67.5 Å². The number of nitrogens with one attached hydrogen (secondary N) is 10. The van der Waals surface area contributed by atoms with Crippen LogP contribution in [0.3, 0.4) is 0 Å². The number of amides is 7. The summed E-state index contributed by atoms with van der Waals surface area (Å²) < 4.78 is 198. The maximum atomic E-state index is 12.7. The third kappa shape index (κ3) is 23.2. The van der Waals surface area contributed by atoms with Crippen LogP contribution in [0.15, 0.2) is 295 Å². The molecule has 8 heterocycles. The highest BCUT2D eigenvalue weighted by Crippen LogP contribution is 2.40. The Labute approximate surface area is 838 Å². The second-order valence-corrected chi connectivity index (χ2v) is 39.8. The van der Waals surface area contributed by atoms with E-state index in [0.717, 1.165) is 56.2 Å². The van der Waals surface area contributed by atoms with E-state index in [4.69, 9.17) is 0 Å². The fourth-order valence-electron chi connectivity index (χ4n) is 15.1. The van der Waals surface area contributed by atoms with Gasteiger partial charge in [0.25, 0.3) is 102 Å². The van der Waals surface area contributed by atoms with E-state index in [-0.39, 0.29) is 167 Å². The van der Waals surface area contributed by atoms with Gasteiger partial charge in [0, 0.05) is 59.3 Å². The van der Waals surface area contributed by atoms with Crippen LogP contribution in [0, 0.1) is 0 Å². The van der Waals surface area contributed by atoms with Gasteiger partial charge >= 0.3 is 0 Å². The topological polar surface area (TPSA) is 728 Å². The molecule has 148 heavy (non-hydrogen) atoms. The highest BCUT2D eigenvalue weighted by Gasteiger charge is 2.39. The van der Waals surface area contributed by atoms with Gasteiger partial charge in [0.05, 0.1) is 87.7 Å². The van der Waals surface area contributed by atoms with Gasteiger partial charge < -0.3 is 57.9 Å². The van der Waals surface area contributed by atoms with Gasteiger partial charge in [-0.25, -0.2) is 4.99 Å². The summed E-state index contributed by atoms with van der Waals surface area (Å²) in [5.74, 6) is -4.27. The molecule has 4 aliphatic heterocycles. The summed E-state index contributed by atoms with van der Waals surface area (Å²) in [4.78, 5) is 134. The number of aromatic amines is 1. The first-order valence-electron chi connectivity index (χ1n) is 43.1. The number of imide groups is 3. The second-order valence-electron chi connectivity index (χ2n) is 31.4. The predicted molar refractivity (Wildman–Crippen MR) is 533 cm³/mol. The Balaban J connectivity index is 0.000000144. The van der Waals surface area contributed by atoms with E-state index in [1.54, 1.807) is 26.8 Å². The van der Waals surface area contributed by atoms with Crippen molar-refractivity contribution in [3.63, 3.8) is 0 Å². The van der Waals surface area contributed by atoms with Crippen molar-refractivity contribution >= 4 is 212 Å². The lowest BCUT2D eigenvalue weighted by atomic mass is 10.0. The maximum Gasteiger partial charge on any atom is 0.296 e. The fourth-order valence-corrected chi connectivity index (χ4v) is 18.6. The number of nitrogens with zero attached hydrogens (tertiary/aromatic N) is 13. The molecule has 0 radical (unpaired) electrons. The van der Waals surface area contributed by atoms with Crippen LogP contribution in [-0.2, 0) is 60.7 Å². The van der Waals surface area contributed by atoms with Crippen molar-refractivity contribution in [1.29, 1.82) is 0 Å². The van der Waals surface area contributed by atoms with Crippen molar-refractivity contribution in [2.45, 2.75) is 50.1 Å². The molecule has 17 N–H and O–H groups in total. The molecule has 55 heteroatoms. The molecule has 0 saturated heterocycles. The van der Waals surface area contributed by atoms with Crippen molar-refractivity contribution in [3.05, 3.63) is 311 Å². The number of aromatic nitrogens is 10. The number of aromatic hydroxyl groups is 1. The molecule has 0 fully saturated rings. The molecule has 4 aliphatic rings. The summed E-state index contributed by atoms with van der Waals surface area (Å²) in [7, 11) is -27.4. The molecule has 0 saturated carbocycles. The minimum atomic E-state index is -4.64. The Kier molecular flexibility index (Phi) is 29.0. The number of rotatable bonds is 29. The zero-order valence-electron chi connectivity index (χ0n) is 76.1. The molecule has 4 aromatic heterocycles. The summed E-state index contributed by atoms with van der Waals surface area (Å²) in [5.41, 5.74) is 6.32. The molecular formula is C93H75N23O26S6. The van der Waals surface area contributed by atoms with Gasteiger partial charge in [0.1, 0.15) is 14.7 Å². The fraction of sp³-hybridized carbons (Fsp3) is 0.0645. The van der Waals surface area contributed by atoms with E-state index >= 15 is 0 Å². The van der Waals surface area contributed by atoms with Crippen molar-refractivity contribution < 1.29 is 116 Å². The van der Waals surface area contributed by atoms with Crippen LogP contribution >= 0.6 is 0 Å². The standard InChI is InChI=1S/3C25H21N7O8S2.C18H12N2O2/c1-2-32-21(33)19-10-9-16(13-20(19)22(32)34)28-25-30-23(26-14-5-3-7-17(11-14)41(35,36)37)29-24(31-25)27-15-6-4-8-18(12-15)42(38,39)40;1-2-32-21(33)15-12-11-14(13-16(15)22(32)34)26-23-29-24(27-17-7-3-5-9-19(17)41(35,36)37)31-25(30-23)28-18-8-4-6-10-20(18)42(38,39)40;1-2-32-21(33)17-11-10-15(13-18(17)22(32)34)27-24-29-23(26-14-6-5-7-16(12-14)41(35,36)37)30-25(31-24)28-19-8-3-4-9-20(19)42(38,39)40;21-17-13-14(16(20-17)12-9-5-2-6-10-12)18(22)19-15(13)11-7-3-1-4-8-11/h3*3-13H,2H2,1H3,(H,35,36,37)(H,38,39,40)(H3,26,27,28,29,30,31);1-10,19,22H. The predicted octanol–water partition coefficient (Wildman–Crippen LogP) is 13.0. The molecule has 15 aromatic rings. The summed E-state index contributed by atoms with van der Waals surface area (Å²) >= 11 is 0. The third-order valence-electron chi connectivity index (χ3n) is 21.7. The zero-order chi connectivity index (χ0) is 106. The number of aliphatic imine (C=N–C) groups is 1. The number of carbonyl (C=O) groups excluding carboxylic acids is 7. The van der Waals surface area contributed by atoms with Crippen molar-refractivity contribution in [1.82, 2.24) is 64.5 Å². The molecule has 11 aromatic carbocycles. The van der Waals surface area contributed by atoms with Gasteiger partial charge in [-0.05, 0) is 172 Å². The van der Waals surface area contributed by atoms with E-state index in [0.29, 0.717) is 39.6 Å². The van der Waals surface area contributed by atoms with Crippen LogP contribution in [0.25, 0.3) is 11.3 Å². The van der Waals surface area contributed by atoms with Gasteiger partial charge in [-0.1, -0.05) is 115 Å². The maximum absolute atomic E-state index is 12.7. The van der Waals surface area contributed by atoms with Crippen molar-refractivity contribution in [3.8, 4) is 17.1 Å². The van der Waals surface area contributed by atoms with E-state index in [9.17, 15) is 116 Å². The Morgan fingerprint density at radius 2 is 0.514 bits per heavy atom. The van der Waals surface area contributed by atoms with Gasteiger partial charge in [-0.2, -0.15) is 95.4 Å². The number of hydrogen-bond acceptors (Lipinski definition) is 38. The first-order valence-corrected chi connectivity index (χ1v) is 51.7. The largest absolute Gasteiger partial charge is 0.494 e. The summed E-state index contributed by atoms with van der Waals surface area (Å²) in [6.45, 7) is 5.66. The smallest absolute Gasteiger partial charge is 0.296 e. The quantitative estimate of drug-likeness (QED) is 0.0153. The number of anilines is 18. The summed E-state index contributed by atoms with van der Waals surface area (Å²) in [5, 5.41) is 35.5. The monoisotopic (exact) mass is 2120 g/mol. The zero-order valence-corrected chi connectivity index (χ0v) is 81.0. The minimum Gasteiger partial charge on any atom is -0.494 e. The van der Waals surface area contributed by atoms with Crippen LogP contribution in [0.5, 0.6) is 5.88 Å². The lowest BCUT2D eigenvalue weighted by molar-refractivity contribution is 0.0647. The van der Waals surface area contributed by atoms with Crippen LogP contribution in [0.1, 0.15) is 104 Å². The molecule has 0 aliphatic carbocycles. The van der Waals surface area contributed by atoms with Gasteiger partial charge in [0.2, 0.25) is 53.5 Å². The Bertz CT molecular complexity index is 8580. The number of hydrogen-bond donors (Lipinski definition) is 17. The number of H-pyrrole nitrogens is 1. The van der Waals surface area contributed by atoms with Crippen LogP contribution in [-0.4, -0.2) is 214 Å². The lowest BCUT2D eigenvalue weighted by Gasteiger charge is -2.14. The van der Waals surface area contributed by atoms with Gasteiger partial charge in [0.15, 0.2) is 5.88 Å². The van der Waals surface area contributed by atoms with E-state index in [2.05, 4.69) is 103 Å². The van der Waals surface area contributed by atoms with Crippen LogP contribution in [0.4, 0.5) is 105 Å². The Morgan fingerprint density at radius 1 is 0.264 bits per heavy atom.